The summed E-state index contributed by atoms with van der Waals surface area (Å²) in [5.41, 5.74) is 1.53. The van der Waals surface area contributed by atoms with E-state index in [1.807, 2.05) is 18.2 Å². The molecule has 1 amide bonds. The minimum Gasteiger partial charge on any atom is -0.384 e. The Morgan fingerprint density at radius 3 is 2.56 bits per heavy atom. The maximum atomic E-state index is 12.7. The predicted octanol–water partition coefficient (Wildman–Crippen LogP) is 2.45. The van der Waals surface area contributed by atoms with Gasteiger partial charge in [0.2, 0.25) is 5.91 Å². The number of rotatable bonds is 8. The van der Waals surface area contributed by atoms with Crippen LogP contribution in [0.3, 0.4) is 0 Å². The Kier molecular flexibility index (Phi) is 7.27. The van der Waals surface area contributed by atoms with Crippen molar-refractivity contribution in [3.63, 3.8) is 0 Å². The van der Waals surface area contributed by atoms with E-state index in [1.54, 1.807) is 14.2 Å². The number of hydrogen-bond acceptors (Lipinski definition) is 4. The summed E-state index contributed by atoms with van der Waals surface area (Å²) in [6, 6.07) is 10.3. The number of carbonyl (C=O) groups is 1. The van der Waals surface area contributed by atoms with Crippen molar-refractivity contribution in [1.82, 2.24) is 9.80 Å². The van der Waals surface area contributed by atoms with E-state index in [0.29, 0.717) is 23.7 Å². The van der Waals surface area contributed by atoms with E-state index in [4.69, 9.17) is 9.47 Å². The summed E-state index contributed by atoms with van der Waals surface area (Å²) in [7, 11) is 3.56. The Balaban J connectivity index is 1.52. The van der Waals surface area contributed by atoms with Crippen LogP contribution in [-0.2, 0) is 20.7 Å². The highest BCUT2D eigenvalue weighted by Gasteiger charge is 2.48. The Labute approximate surface area is 163 Å². The van der Waals surface area contributed by atoms with Gasteiger partial charge in [-0.15, -0.1) is 0 Å². The third kappa shape index (κ3) is 5.09. The maximum Gasteiger partial charge on any atom is 0.222 e. The summed E-state index contributed by atoms with van der Waals surface area (Å²) in [4.78, 5) is 17.3. The normalized spacial score (nSPS) is 22.4. The number of ether oxygens (including phenoxy) is 2. The third-order valence-electron chi connectivity index (χ3n) is 6.44. The van der Waals surface area contributed by atoms with Crippen LogP contribution < -0.4 is 0 Å². The standard InChI is InChI=1S/C22H34N2O3/c1-26-15-14-23-16-20(17-27-2)22(18-23)10-12-24(13-11-22)21(25)9-8-19-6-4-3-5-7-19/h3-7,20H,8-18H2,1-2H3. The van der Waals surface area contributed by atoms with Crippen LogP contribution in [-0.4, -0.2) is 75.9 Å². The van der Waals surface area contributed by atoms with Gasteiger partial charge in [0.1, 0.15) is 0 Å². The number of hydrogen-bond donors (Lipinski definition) is 0. The van der Waals surface area contributed by atoms with Gasteiger partial charge < -0.3 is 19.3 Å². The zero-order valence-corrected chi connectivity index (χ0v) is 16.9. The van der Waals surface area contributed by atoms with E-state index in [9.17, 15) is 4.79 Å². The average Bonchev–Trinajstić information content (AvgIpc) is 3.03. The molecule has 0 radical (unpaired) electrons. The fraction of sp³-hybridized carbons (Fsp3) is 0.682. The van der Waals surface area contributed by atoms with Gasteiger partial charge in [-0.25, -0.2) is 0 Å². The molecule has 1 unspecified atom stereocenters. The highest BCUT2D eigenvalue weighted by molar-refractivity contribution is 5.76. The van der Waals surface area contributed by atoms with E-state index in [-0.39, 0.29) is 0 Å². The van der Waals surface area contributed by atoms with Crippen molar-refractivity contribution in [1.29, 1.82) is 0 Å². The molecule has 0 aliphatic carbocycles. The molecule has 3 rings (SSSR count). The quantitative estimate of drug-likeness (QED) is 0.701. The minimum atomic E-state index is 0.292. The van der Waals surface area contributed by atoms with E-state index in [2.05, 4.69) is 21.9 Å². The predicted molar refractivity (Wildman–Crippen MR) is 107 cm³/mol. The van der Waals surface area contributed by atoms with Crippen LogP contribution in [0.2, 0.25) is 0 Å². The number of aryl methyl sites for hydroxylation is 1. The molecule has 2 aliphatic rings. The lowest BCUT2D eigenvalue weighted by atomic mass is 9.71. The van der Waals surface area contributed by atoms with Gasteiger partial charge in [-0.3, -0.25) is 4.79 Å². The van der Waals surface area contributed by atoms with Gasteiger partial charge in [-0.2, -0.15) is 0 Å². The van der Waals surface area contributed by atoms with Gasteiger partial charge in [-0.1, -0.05) is 30.3 Å². The van der Waals surface area contributed by atoms with E-state index >= 15 is 0 Å². The first-order valence-corrected chi connectivity index (χ1v) is 10.2. The lowest BCUT2D eigenvalue weighted by Crippen LogP contribution is -2.47. The van der Waals surface area contributed by atoms with E-state index in [0.717, 1.165) is 65.2 Å². The molecule has 0 saturated carbocycles. The van der Waals surface area contributed by atoms with Gasteiger partial charge in [-0.05, 0) is 30.2 Å². The van der Waals surface area contributed by atoms with Crippen LogP contribution in [0.4, 0.5) is 0 Å². The molecule has 0 N–H and O–H groups in total. The summed E-state index contributed by atoms with van der Waals surface area (Å²) in [5.74, 6) is 0.854. The first-order chi connectivity index (χ1) is 13.2. The van der Waals surface area contributed by atoms with Crippen molar-refractivity contribution in [2.45, 2.75) is 25.7 Å². The van der Waals surface area contributed by atoms with Crippen molar-refractivity contribution >= 4 is 5.91 Å². The average molecular weight is 375 g/mol. The van der Waals surface area contributed by atoms with E-state index in [1.165, 1.54) is 5.56 Å². The lowest BCUT2D eigenvalue weighted by molar-refractivity contribution is -0.134. The highest BCUT2D eigenvalue weighted by atomic mass is 16.5. The lowest BCUT2D eigenvalue weighted by Gasteiger charge is -2.42. The van der Waals surface area contributed by atoms with Crippen molar-refractivity contribution in [3.05, 3.63) is 35.9 Å². The van der Waals surface area contributed by atoms with Crippen LogP contribution in [0.5, 0.6) is 0 Å². The topological polar surface area (TPSA) is 42.0 Å². The molecular weight excluding hydrogens is 340 g/mol. The summed E-state index contributed by atoms with van der Waals surface area (Å²) < 4.78 is 10.8. The van der Waals surface area contributed by atoms with Crippen molar-refractivity contribution in [3.8, 4) is 0 Å². The van der Waals surface area contributed by atoms with Gasteiger partial charge >= 0.3 is 0 Å². The third-order valence-corrected chi connectivity index (χ3v) is 6.44. The monoisotopic (exact) mass is 374 g/mol. The van der Waals surface area contributed by atoms with Gasteiger partial charge in [0, 0.05) is 59.3 Å². The molecular formula is C22H34N2O3. The molecule has 1 aromatic carbocycles. The van der Waals surface area contributed by atoms with Crippen molar-refractivity contribution < 1.29 is 14.3 Å². The molecule has 5 nitrogen and oxygen atoms in total. The Morgan fingerprint density at radius 2 is 1.89 bits per heavy atom. The van der Waals surface area contributed by atoms with Gasteiger partial charge in [0.15, 0.2) is 0 Å². The summed E-state index contributed by atoms with van der Waals surface area (Å²) in [6.45, 7) is 6.52. The zero-order chi connectivity index (χ0) is 19.1. The number of nitrogens with zero attached hydrogens (tertiary/aromatic N) is 2. The second-order valence-corrected chi connectivity index (χ2v) is 8.11. The molecule has 1 spiro atoms. The fourth-order valence-electron chi connectivity index (χ4n) is 4.79. The van der Waals surface area contributed by atoms with Gasteiger partial charge in [0.25, 0.3) is 0 Å². The molecule has 0 bridgehead atoms. The van der Waals surface area contributed by atoms with Crippen LogP contribution in [0.1, 0.15) is 24.8 Å². The van der Waals surface area contributed by atoms with Crippen LogP contribution in [0.15, 0.2) is 30.3 Å². The fourth-order valence-corrected chi connectivity index (χ4v) is 4.79. The Hall–Kier alpha value is -1.43. The molecule has 27 heavy (non-hydrogen) atoms. The highest BCUT2D eigenvalue weighted by Crippen LogP contribution is 2.44. The second kappa shape index (κ2) is 9.67. The Morgan fingerprint density at radius 1 is 1.15 bits per heavy atom. The molecule has 0 aromatic heterocycles. The second-order valence-electron chi connectivity index (χ2n) is 8.11. The molecule has 1 atom stereocenters. The maximum absolute atomic E-state index is 12.7. The number of amides is 1. The molecule has 150 valence electrons. The molecule has 5 heteroatoms. The zero-order valence-electron chi connectivity index (χ0n) is 16.9. The summed E-state index contributed by atoms with van der Waals surface area (Å²) >= 11 is 0. The minimum absolute atomic E-state index is 0.292. The molecule has 2 fully saturated rings. The van der Waals surface area contributed by atoms with Crippen molar-refractivity contribution in [2.24, 2.45) is 11.3 Å². The molecule has 1 aromatic rings. The summed E-state index contributed by atoms with van der Waals surface area (Å²) in [5, 5.41) is 0. The van der Waals surface area contributed by atoms with Crippen LogP contribution in [0, 0.1) is 11.3 Å². The largest absolute Gasteiger partial charge is 0.384 e. The number of piperidine rings is 1. The smallest absolute Gasteiger partial charge is 0.222 e. The number of methoxy groups -OCH3 is 2. The molecule has 2 aliphatic heterocycles. The number of benzene rings is 1. The summed E-state index contributed by atoms with van der Waals surface area (Å²) in [6.07, 6.45) is 3.61. The van der Waals surface area contributed by atoms with E-state index < -0.39 is 0 Å². The SMILES string of the molecule is COCCN1CC(COC)C2(CCN(C(=O)CCc3ccccc3)CC2)C1. The van der Waals surface area contributed by atoms with Gasteiger partial charge in [0.05, 0.1) is 13.2 Å². The Bertz CT molecular complexity index is 584. The first-order valence-electron chi connectivity index (χ1n) is 10.2. The van der Waals surface area contributed by atoms with Crippen LogP contribution in [0.25, 0.3) is 0 Å². The molecule has 2 heterocycles. The van der Waals surface area contributed by atoms with Crippen LogP contribution >= 0.6 is 0 Å². The first kappa shape index (κ1) is 20.3. The van der Waals surface area contributed by atoms with Crippen molar-refractivity contribution in [2.75, 3.05) is 60.2 Å². The molecule has 2 saturated heterocycles. The number of likely N-dealkylation sites (tertiary alicyclic amines) is 2. The number of carbonyl (C=O) groups excluding carboxylic acids is 1.